The Kier molecular flexibility index (Phi) is 6.55. The van der Waals surface area contributed by atoms with Gasteiger partial charge in [-0.15, -0.1) is 23.1 Å². The van der Waals surface area contributed by atoms with Gasteiger partial charge in [0.05, 0.1) is 10.8 Å². The second kappa shape index (κ2) is 7.41. The molecular formula is C13H23NOS2. The predicted molar refractivity (Wildman–Crippen MR) is 78.0 cm³/mol. The van der Waals surface area contributed by atoms with Crippen molar-refractivity contribution in [2.45, 2.75) is 48.6 Å². The van der Waals surface area contributed by atoms with Gasteiger partial charge < -0.3 is 10.4 Å². The molecule has 1 aromatic heterocycles. The summed E-state index contributed by atoms with van der Waals surface area (Å²) in [5.41, 5.74) is -0.153. The molecule has 0 aliphatic carbocycles. The van der Waals surface area contributed by atoms with Gasteiger partial charge in [-0.25, -0.2) is 0 Å². The van der Waals surface area contributed by atoms with Crippen LogP contribution in [0.4, 0.5) is 0 Å². The molecule has 1 aromatic rings. The number of hydrogen-bond donors (Lipinski definition) is 2. The molecule has 17 heavy (non-hydrogen) atoms. The van der Waals surface area contributed by atoms with Crippen molar-refractivity contribution < 1.29 is 5.11 Å². The van der Waals surface area contributed by atoms with Gasteiger partial charge in [0.2, 0.25) is 0 Å². The highest BCUT2D eigenvalue weighted by atomic mass is 32.2. The zero-order valence-electron chi connectivity index (χ0n) is 10.9. The summed E-state index contributed by atoms with van der Waals surface area (Å²) < 4.78 is 1.35. The summed E-state index contributed by atoms with van der Waals surface area (Å²) in [5, 5.41) is 15.6. The average Bonchev–Trinajstić information content (AvgIpc) is 2.79. The van der Waals surface area contributed by atoms with E-state index in [1.165, 1.54) is 4.21 Å². The summed E-state index contributed by atoms with van der Waals surface area (Å²) in [5.74, 6) is 0. The fourth-order valence-corrected chi connectivity index (χ4v) is 4.16. The van der Waals surface area contributed by atoms with Crippen LogP contribution in [0.25, 0.3) is 0 Å². The van der Waals surface area contributed by atoms with E-state index >= 15 is 0 Å². The Labute approximate surface area is 113 Å². The fraction of sp³-hybridized carbons (Fsp3) is 0.692. The van der Waals surface area contributed by atoms with Crippen molar-refractivity contribution >= 4 is 23.1 Å². The van der Waals surface area contributed by atoms with Crippen LogP contribution in [0.5, 0.6) is 0 Å². The minimum Gasteiger partial charge on any atom is -0.394 e. The van der Waals surface area contributed by atoms with Gasteiger partial charge in [0.1, 0.15) is 0 Å². The molecule has 2 unspecified atom stereocenters. The molecule has 0 aliphatic rings. The van der Waals surface area contributed by atoms with E-state index in [4.69, 9.17) is 0 Å². The zero-order chi connectivity index (χ0) is 12.7. The monoisotopic (exact) mass is 273 g/mol. The number of aliphatic hydroxyl groups excluding tert-OH is 1. The van der Waals surface area contributed by atoms with Gasteiger partial charge in [-0.2, -0.15) is 0 Å². The maximum Gasteiger partial charge on any atom is 0.0611 e. The van der Waals surface area contributed by atoms with Crippen LogP contribution in [0.3, 0.4) is 0 Å². The summed E-state index contributed by atoms with van der Waals surface area (Å²) >= 11 is 3.68. The van der Waals surface area contributed by atoms with Crippen LogP contribution < -0.4 is 5.32 Å². The fourth-order valence-electron chi connectivity index (χ4n) is 1.82. The molecule has 98 valence electrons. The Bertz CT molecular complexity index is 302. The van der Waals surface area contributed by atoms with E-state index in [9.17, 15) is 5.11 Å². The molecule has 2 atom stereocenters. The van der Waals surface area contributed by atoms with Gasteiger partial charge in [0, 0.05) is 10.8 Å². The normalized spacial score (nSPS) is 16.7. The third-order valence-electron chi connectivity index (χ3n) is 2.70. The number of thioether (sulfide) groups is 1. The maximum atomic E-state index is 9.52. The van der Waals surface area contributed by atoms with Gasteiger partial charge in [-0.05, 0) is 37.8 Å². The second-order valence-corrected chi connectivity index (χ2v) is 7.40. The Balaban J connectivity index is 2.43. The molecule has 0 bridgehead atoms. The van der Waals surface area contributed by atoms with E-state index in [2.05, 4.69) is 43.6 Å². The van der Waals surface area contributed by atoms with Crippen molar-refractivity contribution in [1.29, 1.82) is 0 Å². The quantitative estimate of drug-likeness (QED) is 0.712. The van der Waals surface area contributed by atoms with E-state index in [1.54, 1.807) is 11.3 Å². The van der Waals surface area contributed by atoms with Gasteiger partial charge >= 0.3 is 0 Å². The van der Waals surface area contributed by atoms with Crippen LogP contribution in [-0.2, 0) is 0 Å². The number of thiophene rings is 1. The zero-order valence-corrected chi connectivity index (χ0v) is 12.5. The van der Waals surface area contributed by atoms with E-state index in [0.29, 0.717) is 5.25 Å². The summed E-state index contributed by atoms with van der Waals surface area (Å²) in [6.45, 7) is 7.64. The van der Waals surface area contributed by atoms with E-state index in [0.717, 1.165) is 19.4 Å². The summed E-state index contributed by atoms with van der Waals surface area (Å²) in [6.07, 6.45) is 2.08. The van der Waals surface area contributed by atoms with Crippen molar-refractivity contribution in [1.82, 2.24) is 5.32 Å². The molecule has 1 rings (SSSR count). The molecule has 2 N–H and O–H groups in total. The minimum absolute atomic E-state index is 0.153. The minimum atomic E-state index is -0.153. The maximum absolute atomic E-state index is 9.52. The highest BCUT2D eigenvalue weighted by Gasteiger charge is 2.25. The van der Waals surface area contributed by atoms with E-state index in [-0.39, 0.29) is 12.1 Å². The number of nitrogens with one attached hydrogen (secondary N) is 1. The van der Waals surface area contributed by atoms with Crippen LogP contribution in [0.2, 0.25) is 0 Å². The van der Waals surface area contributed by atoms with Crippen LogP contribution in [0.15, 0.2) is 21.7 Å². The lowest BCUT2D eigenvalue weighted by atomic mass is 9.97. The molecule has 0 radical (unpaired) electrons. The first-order valence-electron chi connectivity index (χ1n) is 6.15. The van der Waals surface area contributed by atoms with E-state index < -0.39 is 0 Å². The third kappa shape index (κ3) is 5.42. The molecule has 1 heterocycles. The lowest BCUT2D eigenvalue weighted by Crippen LogP contribution is -2.47. The molecule has 0 saturated heterocycles. The Morgan fingerprint density at radius 2 is 2.35 bits per heavy atom. The van der Waals surface area contributed by atoms with Crippen molar-refractivity contribution in [2.24, 2.45) is 0 Å². The largest absolute Gasteiger partial charge is 0.394 e. The SMILES string of the molecule is CCCNC(C)(CO)CC(C)Sc1cccs1. The first-order chi connectivity index (χ1) is 8.09. The van der Waals surface area contributed by atoms with Gasteiger partial charge in [-0.3, -0.25) is 0 Å². The summed E-state index contributed by atoms with van der Waals surface area (Å²) in [4.78, 5) is 0. The first kappa shape index (κ1) is 15.0. The highest BCUT2D eigenvalue weighted by molar-refractivity contribution is 8.01. The summed E-state index contributed by atoms with van der Waals surface area (Å²) in [6, 6.07) is 4.24. The number of aliphatic hydroxyl groups is 1. The molecule has 4 heteroatoms. The number of hydrogen-bond acceptors (Lipinski definition) is 4. The van der Waals surface area contributed by atoms with Gasteiger partial charge in [0.25, 0.3) is 0 Å². The lowest BCUT2D eigenvalue weighted by molar-refractivity contribution is 0.166. The predicted octanol–water partition coefficient (Wildman–Crippen LogP) is 3.37. The molecule has 0 amide bonds. The lowest BCUT2D eigenvalue weighted by Gasteiger charge is -2.31. The molecule has 2 nitrogen and oxygen atoms in total. The first-order valence-corrected chi connectivity index (χ1v) is 7.91. The van der Waals surface area contributed by atoms with Crippen molar-refractivity contribution in [3.8, 4) is 0 Å². The van der Waals surface area contributed by atoms with Crippen LogP contribution >= 0.6 is 23.1 Å². The van der Waals surface area contributed by atoms with Crippen LogP contribution in [0, 0.1) is 0 Å². The van der Waals surface area contributed by atoms with Crippen molar-refractivity contribution in [3.05, 3.63) is 17.5 Å². The Morgan fingerprint density at radius 3 is 2.88 bits per heavy atom. The second-order valence-electron chi connectivity index (χ2n) is 4.71. The Morgan fingerprint density at radius 1 is 1.59 bits per heavy atom. The van der Waals surface area contributed by atoms with Gasteiger partial charge in [-0.1, -0.05) is 19.9 Å². The van der Waals surface area contributed by atoms with Crippen LogP contribution in [-0.4, -0.2) is 29.0 Å². The standard InChI is InChI=1S/C13H23NOS2/c1-4-7-14-13(3,10-15)9-11(2)17-12-6-5-8-16-12/h5-6,8,11,14-15H,4,7,9-10H2,1-3H3. The van der Waals surface area contributed by atoms with Gasteiger partial charge in [0.15, 0.2) is 0 Å². The van der Waals surface area contributed by atoms with Crippen LogP contribution in [0.1, 0.15) is 33.6 Å². The average molecular weight is 273 g/mol. The molecular weight excluding hydrogens is 250 g/mol. The molecule has 0 fully saturated rings. The molecule has 0 aromatic carbocycles. The van der Waals surface area contributed by atoms with E-state index in [1.807, 2.05) is 11.8 Å². The topological polar surface area (TPSA) is 32.3 Å². The smallest absolute Gasteiger partial charge is 0.0611 e. The van der Waals surface area contributed by atoms with Crippen molar-refractivity contribution in [3.63, 3.8) is 0 Å². The number of rotatable bonds is 8. The molecule has 0 saturated carbocycles. The third-order valence-corrected chi connectivity index (χ3v) is 4.88. The molecule has 0 spiro atoms. The Hall–Kier alpha value is -0.0300. The van der Waals surface area contributed by atoms with Crippen molar-refractivity contribution in [2.75, 3.05) is 13.2 Å². The summed E-state index contributed by atoms with van der Waals surface area (Å²) in [7, 11) is 0. The molecule has 0 aliphatic heterocycles. The highest BCUT2D eigenvalue weighted by Crippen LogP contribution is 2.31.